The van der Waals surface area contributed by atoms with Gasteiger partial charge in [-0.3, -0.25) is 0 Å². The highest BCUT2D eigenvalue weighted by atomic mass is 79.9. The third-order valence-corrected chi connectivity index (χ3v) is 8.12. The molecule has 0 spiro atoms. The quantitative estimate of drug-likeness (QED) is 0.141. The van der Waals surface area contributed by atoms with Crippen molar-refractivity contribution in [1.29, 1.82) is 0 Å². The van der Waals surface area contributed by atoms with Gasteiger partial charge in [0.15, 0.2) is 0 Å². The summed E-state index contributed by atoms with van der Waals surface area (Å²) in [6.07, 6.45) is 0. The van der Waals surface area contributed by atoms with Crippen LogP contribution in [0.2, 0.25) is 0 Å². The zero-order valence-electron chi connectivity index (χ0n) is 22.9. The fraction of sp³-hybridized carbons (Fsp3) is 0.100. The largest absolute Gasteiger partial charge is 0.465 e. The van der Waals surface area contributed by atoms with Crippen LogP contribution < -0.4 is 0 Å². The lowest BCUT2D eigenvalue weighted by Gasteiger charge is -2.06. The number of hydrogen-bond donors (Lipinski definition) is 0. The van der Waals surface area contributed by atoms with E-state index < -0.39 is 11.9 Å². The summed E-state index contributed by atoms with van der Waals surface area (Å²) in [6, 6.07) is 21.6. The van der Waals surface area contributed by atoms with E-state index in [-0.39, 0.29) is 5.97 Å². The van der Waals surface area contributed by atoms with E-state index >= 15 is 0 Å². The molecule has 6 rings (SSSR count). The second kappa shape index (κ2) is 13.2. The standard InChI is InChI=1S/C16H12N2O4S.C14H9BrN2O2S/c1-21-15(19)10-5-3-9(4-6-10)11-7-8-12(16(20)22-2)14-13(11)17-23-18-14;1-19-14(18)9-4-2-8(3-5-9)10-6-7-11(15)13-12(10)16-20-17-13/h3-8H,1-2H3;2-7H,1H3. The van der Waals surface area contributed by atoms with E-state index in [0.717, 1.165) is 49.5 Å². The molecule has 4 aromatic carbocycles. The third-order valence-electron chi connectivity index (χ3n) is 6.42. The van der Waals surface area contributed by atoms with Gasteiger partial charge in [0.2, 0.25) is 0 Å². The van der Waals surface area contributed by atoms with E-state index in [1.54, 1.807) is 48.5 Å². The maximum atomic E-state index is 11.8. The molecule has 6 aromatic rings. The fourth-order valence-electron chi connectivity index (χ4n) is 4.25. The molecular formula is C30H21BrN4O6S2. The summed E-state index contributed by atoms with van der Waals surface area (Å²) in [4.78, 5) is 34.7. The van der Waals surface area contributed by atoms with Crippen LogP contribution in [0, 0.1) is 0 Å². The smallest absolute Gasteiger partial charge is 0.340 e. The number of aromatic nitrogens is 4. The second-order valence-electron chi connectivity index (χ2n) is 8.81. The van der Waals surface area contributed by atoms with Gasteiger partial charge < -0.3 is 14.2 Å². The highest BCUT2D eigenvalue weighted by Crippen LogP contribution is 2.32. The zero-order valence-corrected chi connectivity index (χ0v) is 26.1. The number of esters is 3. The maximum Gasteiger partial charge on any atom is 0.340 e. The van der Waals surface area contributed by atoms with E-state index in [9.17, 15) is 14.4 Å². The Kier molecular flexibility index (Phi) is 9.14. The van der Waals surface area contributed by atoms with Crippen LogP contribution in [0.15, 0.2) is 77.3 Å². The molecule has 0 atom stereocenters. The lowest BCUT2D eigenvalue weighted by atomic mass is 10.0. The van der Waals surface area contributed by atoms with E-state index in [1.807, 2.05) is 24.3 Å². The first-order valence-electron chi connectivity index (χ1n) is 12.5. The molecule has 0 radical (unpaired) electrons. The molecule has 0 aliphatic heterocycles. The van der Waals surface area contributed by atoms with Crippen molar-refractivity contribution >= 4 is 79.4 Å². The first-order chi connectivity index (χ1) is 20.9. The topological polar surface area (TPSA) is 130 Å². The minimum Gasteiger partial charge on any atom is -0.465 e. The summed E-state index contributed by atoms with van der Waals surface area (Å²) < 4.78 is 32.1. The maximum absolute atomic E-state index is 11.8. The lowest BCUT2D eigenvalue weighted by Crippen LogP contribution is -2.02. The van der Waals surface area contributed by atoms with Crippen molar-refractivity contribution in [3.05, 3.63) is 94.0 Å². The van der Waals surface area contributed by atoms with Crippen molar-refractivity contribution in [2.75, 3.05) is 21.3 Å². The minimum absolute atomic E-state index is 0.340. The molecule has 0 aliphatic rings. The molecule has 0 bridgehead atoms. The Morgan fingerprint density at radius 2 is 0.953 bits per heavy atom. The van der Waals surface area contributed by atoms with Gasteiger partial charge in [0, 0.05) is 15.6 Å². The minimum atomic E-state index is -0.449. The van der Waals surface area contributed by atoms with Crippen molar-refractivity contribution in [3.8, 4) is 22.3 Å². The molecule has 0 N–H and O–H groups in total. The van der Waals surface area contributed by atoms with Gasteiger partial charge in [-0.1, -0.05) is 36.4 Å². The third kappa shape index (κ3) is 6.14. The van der Waals surface area contributed by atoms with E-state index in [2.05, 4.69) is 42.9 Å². The highest BCUT2D eigenvalue weighted by molar-refractivity contribution is 9.10. The Balaban J connectivity index is 0.000000173. The normalized spacial score (nSPS) is 10.6. The number of carbonyl (C=O) groups excluding carboxylic acids is 3. The first kappa shape index (κ1) is 29.9. The molecular weight excluding hydrogens is 656 g/mol. The predicted molar refractivity (Wildman–Crippen MR) is 167 cm³/mol. The Hall–Kier alpha value is -4.59. The van der Waals surface area contributed by atoms with Crippen LogP contribution in [-0.2, 0) is 14.2 Å². The number of rotatable bonds is 5. The summed E-state index contributed by atoms with van der Waals surface area (Å²) in [5, 5.41) is 0. The average Bonchev–Trinajstić information content (AvgIpc) is 3.75. The number of methoxy groups -OCH3 is 3. The zero-order chi connectivity index (χ0) is 30.5. The first-order valence-corrected chi connectivity index (χ1v) is 14.7. The molecule has 43 heavy (non-hydrogen) atoms. The van der Waals surface area contributed by atoms with Crippen molar-refractivity contribution in [2.24, 2.45) is 0 Å². The van der Waals surface area contributed by atoms with E-state index in [1.165, 1.54) is 33.1 Å². The molecule has 216 valence electrons. The number of halogens is 1. The number of nitrogens with zero attached hydrogens (tertiary/aromatic N) is 4. The Labute approximate surface area is 262 Å². The van der Waals surface area contributed by atoms with Crippen molar-refractivity contribution in [2.45, 2.75) is 0 Å². The predicted octanol–water partition coefficient (Wildman–Crippen LogP) is 6.84. The lowest BCUT2D eigenvalue weighted by molar-refractivity contribution is 0.0592. The molecule has 0 unspecified atom stereocenters. The molecule has 10 nitrogen and oxygen atoms in total. The number of carbonyl (C=O) groups is 3. The molecule has 0 amide bonds. The van der Waals surface area contributed by atoms with Gasteiger partial charge in [0.1, 0.15) is 22.1 Å². The van der Waals surface area contributed by atoms with E-state index in [0.29, 0.717) is 27.7 Å². The molecule has 13 heteroatoms. The van der Waals surface area contributed by atoms with E-state index in [4.69, 9.17) is 4.74 Å². The summed E-state index contributed by atoms with van der Waals surface area (Å²) in [5.74, 6) is -1.18. The Bertz CT molecular complexity index is 1960. The SMILES string of the molecule is COC(=O)c1ccc(-c2ccc(Br)c3nsnc23)cc1.COC(=O)c1ccc(-c2ccc(C(=O)OC)c3nsnc23)cc1. The molecule has 0 saturated heterocycles. The van der Waals surface area contributed by atoms with Crippen LogP contribution in [-0.4, -0.2) is 56.7 Å². The van der Waals surface area contributed by atoms with Gasteiger partial charge in [-0.25, -0.2) is 14.4 Å². The number of fused-ring (bicyclic) bond motifs is 2. The van der Waals surface area contributed by atoms with Crippen LogP contribution in [0.25, 0.3) is 44.3 Å². The number of ether oxygens (including phenoxy) is 3. The van der Waals surface area contributed by atoms with Gasteiger partial charge in [0.05, 0.1) is 61.5 Å². The van der Waals surface area contributed by atoms with Gasteiger partial charge in [-0.05, 0) is 63.5 Å². The Morgan fingerprint density at radius 3 is 1.44 bits per heavy atom. The van der Waals surface area contributed by atoms with Crippen LogP contribution in [0.1, 0.15) is 31.1 Å². The number of benzene rings is 4. The Morgan fingerprint density at radius 1 is 0.535 bits per heavy atom. The summed E-state index contributed by atoms with van der Waals surface area (Å²) >= 11 is 5.68. The molecule has 2 aromatic heterocycles. The summed E-state index contributed by atoms with van der Waals surface area (Å²) in [6.45, 7) is 0. The monoisotopic (exact) mass is 676 g/mol. The molecule has 0 fully saturated rings. The molecule has 2 heterocycles. The van der Waals surface area contributed by atoms with Crippen molar-refractivity contribution in [1.82, 2.24) is 17.5 Å². The second-order valence-corrected chi connectivity index (χ2v) is 10.7. The van der Waals surface area contributed by atoms with Crippen LogP contribution >= 0.6 is 39.4 Å². The number of hydrogen-bond acceptors (Lipinski definition) is 12. The van der Waals surface area contributed by atoms with Crippen molar-refractivity contribution < 1.29 is 28.6 Å². The summed E-state index contributed by atoms with van der Waals surface area (Å²) in [5.41, 5.74) is 7.91. The average molecular weight is 678 g/mol. The fourth-order valence-corrected chi connectivity index (χ4v) is 5.92. The van der Waals surface area contributed by atoms with Crippen LogP contribution in [0.5, 0.6) is 0 Å². The highest BCUT2D eigenvalue weighted by Gasteiger charge is 2.17. The summed E-state index contributed by atoms with van der Waals surface area (Å²) in [7, 11) is 4.04. The van der Waals surface area contributed by atoms with Gasteiger partial charge >= 0.3 is 17.9 Å². The van der Waals surface area contributed by atoms with Crippen LogP contribution in [0.4, 0.5) is 0 Å². The molecule has 0 aliphatic carbocycles. The van der Waals surface area contributed by atoms with Crippen molar-refractivity contribution in [3.63, 3.8) is 0 Å². The van der Waals surface area contributed by atoms with Gasteiger partial charge in [-0.15, -0.1) is 0 Å². The van der Waals surface area contributed by atoms with Gasteiger partial charge in [0.25, 0.3) is 0 Å². The van der Waals surface area contributed by atoms with Crippen LogP contribution in [0.3, 0.4) is 0 Å². The molecule has 0 saturated carbocycles. The van der Waals surface area contributed by atoms with Gasteiger partial charge in [-0.2, -0.15) is 17.5 Å².